The topological polar surface area (TPSA) is 34.1 Å². The van der Waals surface area contributed by atoms with E-state index in [0.717, 1.165) is 28.0 Å². The van der Waals surface area contributed by atoms with Gasteiger partial charge in [0.15, 0.2) is 10.9 Å². The van der Waals surface area contributed by atoms with Gasteiger partial charge in [-0.3, -0.25) is 0 Å². The van der Waals surface area contributed by atoms with E-state index in [1.165, 1.54) is 11.3 Å². The second kappa shape index (κ2) is 6.61. The minimum atomic E-state index is 0.417. The highest BCUT2D eigenvalue weighted by Gasteiger charge is 2.07. The summed E-state index contributed by atoms with van der Waals surface area (Å²) in [6.07, 6.45) is 0. The van der Waals surface area contributed by atoms with Crippen molar-refractivity contribution in [3.63, 3.8) is 0 Å². The molecule has 0 radical (unpaired) electrons. The molecule has 1 N–H and O–H groups in total. The van der Waals surface area contributed by atoms with Crippen LogP contribution >= 0.6 is 22.9 Å². The van der Waals surface area contributed by atoms with Gasteiger partial charge in [0.25, 0.3) is 0 Å². The Bertz CT molecular complexity index is 715. The first-order valence-electron chi connectivity index (χ1n) is 6.44. The molecule has 3 rings (SSSR count). The second-order valence-corrected chi connectivity index (χ2v) is 5.44. The lowest BCUT2D eigenvalue weighted by Crippen LogP contribution is -1.94. The number of benzene rings is 2. The molecule has 1 heterocycles. The molecule has 3 aromatic rings. The van der Waals surface area contributed by atoms with E-state index in [1.807, 2.05) is 60.0 Å². The van der Waals surface area contributed by atoms with Crippen LogP contribution in [0.4, 0.5) is 10.8 Å². The summed E-state index contributed by atoms with van der Waals surface area (Å²) >= 11 is 7.30. The fourth-order valence-electron chi connectivity index (χ4n) is 1.82. The van der Waals surface area contributed by atoms with Crippen LogP contribution in [0, 0.1) is 0 Å². The van der Waals surface area contributed by atoms with E-state index in [4.69, 9.17) is 16.3 Å². The van der Waals surface area contributed by atoms with Crippen LogP contribution in [0.25, 0.3) is 0 Å². The molecule has 0 saturated heterocycles. The summed E-state index contributed by atoms with van der Waals surface area (Å²) in [4.78, 5) is 4.39. The van der Waals surface area contributed by atoms with Crippen LogP contribution in [-0.2, 0) is 5.88 Å². The SMILES string of the molecule is ClCc1csc(Nc2ccccc2Oc2ccccc2)n1. The molecule has 0 unspecified atom stereocenters. The number of nitrogens with zero attached hydrogens (tertiary/aromatic N) is 1. The van der Waals surface area contributed by atoms with E-state index < -0.39 is 0 Å². The van der Waals surface area contributed by atoms with Gasteiger partial charge < -0.3 is 10.1 Å². The minimum Gasteiger partial charge on any atom is -0.455 e. The Labute approximate surface area is 132 Å². The highest BCUT2D eigenvalue weighted by molar-refractivity contribution is 7.13. The Hall–Kier alpha value is -2.04. The molecule has 5 heteroatoms. The van der Waals surface area contributed by atoms with Crippen molar-refractivity contribution in [1.29, 1.82) is 0 Å². The fourth-order valence-corrected chi connectivity index (χ4v) is 2.77. The minimum absolute atomic E-state index is 0.417. The van der Waals surface area contributed by atoms with Gasteiger partial charge in [-0.05, 0) is 24.3 Å². The monoisotopic (exact) mass is 316 g/mol. The lowest BCUT2D eigenvalue weighted by atomic mass is 10.3. The largest absolute Gasteiger partial charge is 0.455 e. The van der Waals surface area contributed by atoms with E-state index >= 15 is 0 Å². The third kappa shape index (κ3) is 3.54. The summed E-state index contributed by atoms with van der Waals surface area (Å²) in [5, 5.41) is 6.01. The number of rotatable bonds is 5. The normalized spacial score (nSPS) is 10.3. The van der Waals surface area contributed by atoms with Crippen LogP contribution in [0.15, 0.2) is 60.0 Å². The first kappa shape index (κ1) is 13.9. The van der Waals surface area contributed by atoms with Crippen molar-refractivity contribution in [3.8, 4) is 11.5 Å². The summed E-state index contributed by atoms with van der Waals surface area (Å²) in [6.45, 7) is 0. The third-order valence-electron chi connectivity index (χ3n) is 2.79. The van der Waals surface area contributed by atoms with Gasteiger partial charge in [0.1, 0.15) is 5.75 Å². The highest BCUT2D eigenvalue weighted by Crippen LogP contribution is 2.32. The molecular weight excluding hydrogens is 304 g/mol. The predicted molar refractivity (Wildman–Crippen MR) is 87.9 cm³/mol. The van der Waals surface area contributed by atoms with Gasteiger partial charge in [-0.1, -0.05) is 30.3 Å². The van der Waals surface area contributed by atoms with Crippen LogP contribution in [0.5, 0.6) is 11.5 Å². The zero-order valence-electron chi connectivity index (χ0n) is 11.1. The van der Waals surface area contributed by atoms with Crippen LogP contribution in [0.1, 0.15) is 5.69 Å². The lowest BCUT2D eigenvalue weighted by molar-refractivity contribution is 0.485. The van der Waals surface area contributed by atoms with E-state index in [-0.39, 0.29) is 0 Å². The van der Waals surface area contributed by atoms with Gasteiger partial charge in [-0.2, -0.15) is 0 Å². The zero-order valence-corrected chi connectivity index (χ0v) is 12.7. The molecule has 2 aromatic carbocycles. The van der Waals surface area contributed by atoms with Gasteiger partial charge >= 0.3 is 0 Å². The molecule has 0 bridgehead atoms. The van der Waals surface area contributed by atoms with E-state index in [1.54, 1.807) is 0 Å². The summed E-state index contributed by atoms with van der Waals surface area (Å²) in [5.74, 6) is 1.97. The molecule has 21 heavy (non-hydrogen) atoms. The van der Waals surface area contributed by atoms with Crippen molar-refractivity contribution in [2.24, 2.45) is 0 Å². The molecule has 0 aliphatic carbocycles. The Morgan fingerprint density at radius 3 is 2.57 bits per heavy atom. The Morgan fingerprint density at radius 1 is 1.05 bits per heavy atom. The maximum Gasteiger partial charge on any atom is 0.187 e. The molecule has 0 atom stereocenters. The quantitative estimate of drug-likeness (QED) is 0.638. The first-order chi connectivity index (χ1) is 10.3. The number of anilines is 2. The van der Waals surface area contributed by atoms with Gasteiger partial charge in [-0.25, -0.2) is 4.98 Å². The third-order valence-corrected chi connectivity index (χ3v) is 3.87. The lowest BCUT2D eigenvalue weighted by Gasteiger charge is -2.11. The molecule has 106 valence electrons. The number of ether oxygens (including phenoxy) is 1. The predicted octanol–water partition coefficient (Wildman–Crippen LogP) is 5.42. The molecule has 0 amide bonds. The number of thiazole rings is 1. The van der Waals surface area contributed by atoms with E-state index in [9.17, 15) is 0 Å². The summed E-state index contributed by atoms with van der Waals surface area (Å²) in [5.41, 5.74) is 1.74. The molecule has 0 spiro atoms. The average molecular weight is 317 g/mol. The summed E-state index contributed by atoms with van der Waals surface area (Å²) in [7, 11) is 0. The van der Waals surface area contributed by atoms with Crippen molar-refractivity contribution < 1.29 is 4.74 Å². The van der Waals surface area contributed by atoms with Crippen molar-refractivity contribution in [3.05, 3.63) is 65.7 Å². The van der Waals surface area contributed by atoms with Crippen LogP contribution in [0.3, 0.4) is 0 Å². The van der Waals surface area contributed by atoms with Gasteiger partial charge in [0.05, 0.1) is 17.3 Å². The van der Waals surface area contributed by atoms with Crippen molar-refractivity contribution in [2.75, 3.05) is 5.32 Å². The number of hydrogen-bond acceptors (Lipinski definition) is 4. The van der Waals surface area contributed by atoms with Crippen molar-refractivity contribution >= 4 is 33.8 Å². The van der Waals surface area contributed by atoms with Gasteiger partial charge in [0, 0.05) is 5.38 Å². The average Bonchev–Trinajstić information content (AvgIpc) is 2.98. The molecular formula is C16H13ClN2OS. The standard InChI is InChI=1S/C16H13ClN2OS/c17-10-12-11-21-16(18-12)19-14-8-4-5-9-15(14)20-13-6-2-1-3-7-13/h1-9,11H,10H2,(H,18,19). The molecule has 0 fully saturated rings. The number of para-hydroxylation sites is 3. The number of halogens is 1. The fraction of sp³-hybridized carbons (Fsp3) is 0.0625. The second-order valence-electron chi connectivity index (χ2n) is 4.31. The van der Waals surface area contributed by atoms with E-state index in [0.29, 0.717) is 5.88 Å². The maximum absolute atomic E-state index is 5.90. The van der Waals surface area contributed by atoms with Crippen LogP contribution in [-0.4, -0.2) is 4.98 Å². The first-order valence-corrected chi connectivity index (χ1v) is 7.86. The van der Waals surface area contributed by atoms with Crippen molar-refractivity contribution in [1.82, 2.24) is 4.98 Å². The molecule has 1 aromatic heterocycles. The number of alkyl halides is 1. The Morgan fingerprint density at radius 2 is 1.81 bits per heavy atom. The zero-order chi connectivity index (χ0) is 14.5. The maximum atomic E-state index is 5.90. The van der Waals surface area contributed by atoms with Crippen molar-refractivity contribution in [2.45, 2.75) is 5.88 Å². The van der Waals surface area contributed by atoms with Crippen LogP contribution in [0.2, 0.25) is 0 Å². The highest BCUT2D eigenvalue weighted by atomic mass is 35.5. The molecule has 3 nitrogen and oxygen atoms in total. The smallest absolute Gasteiger partial charge is 0.187 e. The van der Waals surface area contributed by atoms with Gasteiger partial charge in [-0.15, -0.1) is 22.9 Å². The number of nitrogens with one attached hydrogen (secondary N) is 1. The molecule has 0 aliphatic heterocycles. The Kier molecular flexibility index (Phi) is 4.38. The summed E-state index contributed by atoms with van der Waals surface area (Å²) < 4.78 is 5.90. The number of aromatic nitrogens is 1. The Balaban J connectivity index is 1.82. The van der Waals surface area contributed by atoms with E-state index in [2.05, 4.69) is 10.3 Å². The number of hydrogen-bond donors (Lipinski definition) is 1. The van der Waals surface area contributed by atoms with Gasteiger partial charge in [0.2, 0.25) is 0 Å². The van der Waals surface area contributed by atoms with Crippen LogP contribution < -0.4 is 10.1 Å². The molecule has 0 aliphatic rings. The summed E-state index contributed by atoms with van der Waals surface area (Å²) in [6, 6.07) is 17.5. The molecule has 0 saturated carbocycles.